The fraction of sp³-hybridized carbons (Fsp3) is 0. The van der Waals surface area contributed by atoms with E-state index in [1.165, 1.54) is 18.2 Å². The van der Waals surface area contributed by atoms with Crippen molar-refractivity contribution in [3.63, 3.8) is 0 Å². The van der Waals surface area contributed by atoms with Gasteiger partial charge in [0, 0.05) is 40.5 Å². The number of rotatable bonds is 5. The van der Waals surface area contributed by atoms with E-state index in [9.17, 15) is 15.2 Å². The highest BCUT2D eigenvalue weighted by molar-refractivity contribution is 7.81. The molecule has 0 aliphatic carbocycles. The molecule has 8 heteroatoms. The van der Waals surface area contributed by atoms with Crippen LogP contribution in [0.15, 0.2) is 79.1 Å². The van der Waals surface area contributed by atoms with Crippen LogP contribution in [0.2, 0.25) is 5.02 Å². The monoisotopic (exact) mass is 412 g/mol. The maximum absolute atomic E-state index is 11.1. The second kappa shape index (κ2) is 8.60. The van der Waals surface area contributed by atoms with Crippen LogP contribution in [0, 0.1) is 10.1 Å². The fourth-order valence-corrected chi connectivity index (χ4v) is 2.97. The Morgan fingerprint density at radius 3 is 2.39 bits per heavy atom. The van der Waals surface area contributed by atoms with Gasteiger partial charge in [-0.25, -0.2) is 0 Å². The van der Waals surface area contributed by atoms with Crippen molar-refractivity contribution in [1.82, 2.24) is 0 Å². The van der Waals surface area contributed by atoms with Crippen LogP contribution in [0.5, 0.6) is 0 Å². The Bertz CT molecular complexity index is 1050. The number of non-ortho nitro benzene ring substituents is 1. The van der Waals surface area contributed by atoms with E-state index in [4.69, 9.17) is 23.8 Å². The van der Waals surface area contributed by atoms with Crippen molar-refractivity contribution in [1.29, 1.82) is 0 Å². The van der Waals surface area contributed by atoms with Crippen LogP contribution in [-0.2, 0) is 0 Å². The Labute approximate surface area is 171 Å². The molecule has 0 saturated carbocycles. The van der Waals surface area contributed by atoms with E-state index < -0.39 is 4.92 Å². The van der Waals surface area contributed by atoms with E-state index in [1.54, 1.807) is 59.4 Å². The minimum Gasteiger partial charge on any atom is -0.502 e. The van der Waals surface area contributed by atoms with E-state index >= 15 is 0 Å². The minimum atomic E-state index is -0.517. The summed E-state index contributed by atoms with van der Waals surface area (Å²) < 4.78 is 1.64. The van der Waals surface area contributed by atoms with Crippen LogP contribution >= 0.6 is 23.8 Å². The van der Waals surface area contributed by atoms with Crippen LogP contribution in [0.1, 0.15) is 5.56 Å². The number of thiocarbonyl (C=S) groups is 1. The summed E-state index contributed by atoms with van der Waals surface area (Å²) in [6.07, 6.45) is 3.44. The van der Waals surface area contributed by atoms with Crippen LogP contribution in [0.25, 0.3) is 11.5 Å². The molecule has 0 unspecified atom stereocenters. The van der Waals surface area contributed by atoms with E-state index in [-0.39, 0.29) is 27.7 Å². The van der Waals surface area contributed by atoms with E-state index in [2.05, 4.69) is 5.32 Å². The van der Waals surface area contributed by atoms with Gasteiger partial charge in [0.05, 0.1) is 4.92 Å². The summed E-state index contributed by atoms with van der Waals surface area (Å²) in [6, 6.07) is 18.1. The number of pyridine rings is 1. The molecule has 140 valence electrons. The summed E-state index contributed by atoms with van der Waals surface area (Å²) in [4.78, 5) is 10.8. The lowest BCUT2D eigenvalue weighted by molar-refractivity contribution is -0.575. The topological polar surface area (TPSA) is 79.3 Å². The maximum atomic E-state index is 11.1. The number of nitro benzene ring substituents is 1. The van der Waals surface area contributed by atoms with Crippen LogP contribution in [0.4, 0.5) is 11.4 Å². The smallest absolute Gasteiger partial charge is 0.288 e. The number of hydrogen-bond donors (Lipinski definition) is 2. The van der Waals surface area contributed by atoms with Gasteiger partial charge in [-0.1, -0.05) is 42.0 Å². The molecule has 6 nitrogen and oxygen atoms in total. The lowest BCUT2D eigenvalue weighted by atomic mass is 10.1. The third-order valence-corrected chi connectivity index (χ3v) is 4.39. The normalized spacial score (nSPS) is 11.5. The number of nitro groups is 1. The Kier molecular flexibility index (Phi) is 5.98. The van der Waals surface area contributed by atoms with Gasteiger partial charge in [-0.2, -0.15) is 4.57 Å². The molecule has 0 spiro atoms. The maximum Gasteiger partial charge on any atom is 0.288 e. The predicted molar refractivity (Wildman–Crippen MR) is 113 cm³/mol. The van der Waals surface area contributed by atoms with Gasteiger partial charge in [-0.3, -0.25) is 10.1 Å². The highest BCUT2D eigenvalue weighted by Gasteiger charge is 2.24. The van der Waals surface area contributed by atoms with Gasteiger partial charge < -0.3 is 10.4 Å². The van der Waals surface area contributed by atoms with E-state index in [0.29, 0.717) is 10.7 Å². The Balaban J connectivity index is 2.07. The zero-order valence-corrected chi connectivity index (χ0v) is 16.0. The third-order valence-electron chi connectivity index (χ3n) is 3.85. The molecular weight excluding hydrogens is 398 g/mol. The Morgan fingerprint density at radius 2 is 1.75 bits per heavy atom. The van der Waals surface area contributed by atoms with Gasteiger partial charge in [-0.05, 0) is 24.3 Å². The summed E-state index contributed by atoms with van der Waals surface area (Å²) >= 11 is 11.4. The number of anilines is 1. The molecule has 0 aliphatic rings. The number of benzene rings is 2. The van der Waals surface area contributed by atoms with Crippen molar-refractivity contribution < 1.29 is 14.6 Å². The van der Waals surface area contributed by atoms with Crippen LogP contribution in [-0.4, -0.2) is 15.0 Å². The zero-order valence-electron chi connectivity index (χ0n) is 14.4. The largest absolute Gasteiger partial charge is 0.502 e. The summed E-state index contributed by atoms with van der Waals surface area (Å²) in [7, 11) is 0. The molecule has 2 N–H and O–H groups in total. The highest BCUT2D eigenvalue weighted by Crippen LogP contribution is 2.23. The SMILES string of the molecule is O=[N+]([O-])c1cccc(/C(O)=C(\C(=S)Nc2ccc(Cl)cc2)[n+]2ccccc2)c1. The average Bonchev–Trinajstić information content (AvgIpc) is 2.70. The lowest BCUT2D eigenvalue weighted by Crippen LogP contribution is -2.38. The van der Waals surface area contributed by atoms with Crippen molar-refractivity contribution in [2.75, 3.05) is 5.32 Å². The molecule has 0 saturated heterocycles. The number of nitrogens with one attached hydrogen (secondary N) is 1. The predicted octanol–water partition coefficient (Wildman–Crippen LogP) is 4.86. The van der Waals surface area contributed by atoms with Gasteiger partial charge in [-0.15, -0.1) is 0 Å². The zero-order chi connectivity index (χ0) is 20.1. The fourth-order valence-electron chi connectivity index (χ4n) is 2.52. The molecule has 2 aromatic carbocycles. The van der Waals surface area contributed by atoms with Crippen molar-refractivity contribution in [3.8, 4) is 0 Å². The third kappa shape index (κ3) is 4.51. The number of aliphatic hydroxyl groups is 1. The number of aromatic nitrogens is 1. The second-order valence-corrected chi connectivity index (χ2v) is 6.59. The standard InChI is InChI=1S/C20H14ClN3O3S/c21-15-7-9-16(10-8-15)22-20(28)18(23-11-2-1-3-12-23)19(25)14-5-4-6-17(13-14)24(26)27/h1-13H,(H-,22,25,28)/p+1. The summed E-state index contributed by atoms with van der Waals surface area (Å²) in [6.45, 7) is 0. The number of aliphatic hydroxyl groups excluding tert-OH is 1. The van der Waals surface area contributed by atoms with Gasteiger partial charge >= 0.3 is 0 Å². The van der Waals surface area contributed by atoms with E-state index in [1.807, 2.05) is 6.07 Å². The number of halogens is 1. The molecule has 0 aliphatic heterocycles. The van der Waals surface area contributed by atoms with Crippen LogP contribution in [0.3, 0.4) is 0 Å². The molecule has 3 aromatic rings. The summed E-state index contributed by atoms with van der Waals surface area (Å²) in [5.41, 5.74) is 1.13. The molecule has 0 fully saturated rings. The van der Waals surface area contributed by atoms with Gasteiger partial charge in [0.2, 0.25) is 0 Å². The molecule has 3 rings (SSSR count). The first-order chi connectivity index (χ1) is 13.5. The second-order valence-electron chi connectivity index (χ2n) is 5.75. The van der Waals surface area contributed by atoms with Crippen molar-refractivity contribution in [3.05, 3.63) is 99.8 Å². The number of nitrogens with zero attached hydrogens (tertiary/aromatic N) is 2. The van der Waals surface area contributed by atoms with Crippen LogP contribution < -0.4 is 9.88 Å². The van der Waals surface area contributed by atoms with E-state index in [0.717, 1.165) is 0 Å². The van der Waals surface area contributed by atoms with Gasteiger partial charge in [0.15, 0.2) is 23.1 Å². The van der Waals surface area contributed by atoms with Gasteiger partial charge in [0.1, 0.15) is 0 Å². The molecule has 1 heterocycles. The first kappa shape index (κ1) is 19.5. The molecule has 28 heavy (non-hydrogen) atoms. The first-order valence-electron chi connectivity index (χ1n) is 8.17. The molecule has 0 bridgehead atoms. The number of hydrogen-bond acceptors (Lipinski definition) is 4. The molecule has 1 aromatic heterocycles. The van der Waals surface area contributed by atoms with Gasteiger partial charge in [0.25, 0.3) is 11.4 Å². The average molecular weight is 413 g/mol. The molecule has 0 radical (unpaired) electrons. The summed E-state index contributed by atoms with van der Waals surface area (Å²) in [5, 5.41) is 25.6. The van der Waals surface area contributed by atoms with Crippen molar-refractivity contribution in [2.24, 2.45) is 0 Å². The van der Waals surface area contributed by atoms with Crippen molar-refractivity contribution in [2.45, 2.75) is 0 Å². The molecule has 0 atom stereocenters. The summed E-state index contributed by atoms with van der Waals surface area (Å²) in [5.74, 6) is -0.189. The highest BCUT2D eigenvalue weighted by atomic mass is 35.5. The Morgan fingerprint density at radius 1 is 1.07 bits per heavy atom. The molecule has 0 amide bonds. The first-order valence-corrected chi connectivity index (χ1v) is 8.96. The lowest BCUT2D eigenvalue weighted by Gasteiger charge is -2.10. The Hall–Kier alpha value is -3.29. The van der Waals surface area contributed by atoms with Crippen molar-refractivity contribution >= 4 is 51.6 Å². The minimum absolute atomic E-state index is 0.127. The quantitative estimate of drug-likeness (QED) is 0.156. The molecular formula is C20H15ClN3O3S+.